The minimum absolute atomic E-state index is 0. The number of rotatable bonds is 7. The maximum Gasteiger partial charge on any atom is 0.254 e. The number of nitrogens with zero attached hydrogens (tertiary/aromatic N) is 2. The highest BCUT2D eigenvalue weighted by Crippen LogP contribution is 2.32. The number of halogens is 1. The van der Waals surface area contributed by atoms with Crippen molar-refractivity contribution in [2.75, 3.05) is 39.2 Å². The summed E-state index contributed by atoms with van der Waals surface area (Å²) >= 11 is 0. The van der Waals surface area contributed by atoms with Crippen LogP contribution < -0.4 is 15.0 Å². The van der Waals surface area contributed by atoms with Crippen LogP contribution >= 0.6 is 17.0 Å². The summed E-state index contributed by atoms with van der Waals surface area (Å²) in [6.07, 6.45) is 0. The van der Waals surface area contributed by atoms with Gasteiger partial charge in [-0.25, -0.2) is 0 Å². The van der Waals surface area contributed by atoms with Gasteiger partial charge in [-0.3, -0.25) is 15.0 Å². The number of carbonyl (C=O) groups excluding carboxylic acids is 2. The highest BCUT2D eigenvalue weighted by molar-refractivity contribution is 8.93. The monoisotopic (exact) mass is 530 g/mol. The van der Waals surface area contributed by atoms with Crippen LogP contribution in [-0.4, -0.2) is 56.7 Å². The normalized spacial score (nSPS) is 12.7. The fourth-order valence-electron chi connectivity index (χ4n) is 3.88. The molecule has 0 radical (unpaired) electrons. The number of ether oxygens (including phenoxy) is 1. The zero-order valence-electron chi connectivity index (χ0n) is 21.0. The zero-order valence-corrected chi connectivity index (χ0v) is 22.7. The molecule has 1 heterocycles. The maximum absolute atomic E-state index is 13.3. The molecule has 2 aromatic rings. The van der Waals surface area contributed by atoms with Gasteiger partial charge in [0.25, 0.3) is 5.91 Å². The number of amidine groups is 1. The number of Topliss-reactive ketones (excluding diaryl/α,β-unsaturated/α-hetero) is 1. The van der Waals surface area contributed by atoms with Gasteiger partial charge in [0.15, 0.2) is 5.78 Å². The average molecular weight is 531 g/mol. The molecule has 0 bridgehead atoms. The van der Waals surface area contributed by atoms with E-state index in [2.05, 4.69) is 32.2 Å². The zero-order chi connectivity index (χ0) is 24.5. The topological polar surface area (TPSA) is 85.7 Å². The molecular formula is C26H35BrN4O3. The Morgan fingerprint density at radius 1 is 1.15 bits per heavy atom. The first-order valence-electron chi connectivity index (χ1n) is 11.2. The summed E-state index contributed by atoms with van der Waals surface area (Å²) in [7, 11) is 5.49. The smallest absolute Gasteiger partial charge is 0.254 e. The Balaban J connectivity index is 0.00000408. The molecular weight excluding hydrogens is 496 g/mol. The van der Waals surface area contributed by atoms with Gasteiger partial charge in [0, 0.05) is 44.5 Å². The number of nitrogens with one attached hydrogen (secondary N) is 2. The standard InChI is InChI=1S/C26H34N4O3.BrH/c1-8-33-23-11-17-14-30(24(27)20(17)13-21(23)25(32)28-5)15-22(31)16-9-18(26(2,3)4)12-19(10-16)29(6)7;/h9-13,27H,8,14-15H2,1-7H3,(H,28,32);1H. The molecule has 34 heavy (non-hydrogen) atoms. The van der Waals surface area contributed by atoms with Crippen LogP contribution in [0.2, 0.25) is 0 Å². The third-order valence-electron chi connectivity index (χ3n) is 5.87. The SMILES string of the molecule is Br.CCOc1cc2c(cc1C(=O)NC)C(=N)N(CC(=O)c1cc(N(C)C)cc(C(C)(C)C)c1)C2. The van der Waals surface area contributed by atoms with E-state index < -0.39 is 0 Å². The number of carbonyl (C=O) groups is 2. The molecule has 2 N–H and O–H groups in total. The lowest BCUT2D eigenvalue weighted by Crippen LogP contribution is -2.30. The Labute approximate surface area is 212 Å². The van der Waals surface area contributed by atoms with E-state index in [1.54, 1.807) is 18.0 Å². The lowest BCUT2D eigenvalue weighted by atomic mass is 9.85. The summed E-state index contributed by atoms with van der Waals surface area (Å²) < 4.78 is 5.67. The van der Waals surface area contributed by atoms with Gasteiger partial charge in [-0.2, -0.15) is 0 Å². The number of hydrogen-bond donors (Lipinski definition) is 2. The number of fused-ring (bicyclic) bond motifs is 1. The van der Waals surface area contributed by atoms with E-state index in [9.17, 15) is 9.59 Å². The molecule has 8 heteroatoms. The van der Waals surface area contributed by atoms with Crippen LogP contribution in [0.5, 0.6) is 5.75 Å². The highest BCUT2D eigenvalue weighted by Gasteiger charge is 2.29. The van der Waals surface area contributed by atoms with Crippen LogP contribution in [0.1, 0.15) is 65.1 Å². The van der Waals surface area contributed by atoms with E-state index in [-0.39, 0.29) is 46.5 Å². The van der Waals surface area contributed by atoms with Crippen molar-refractivity contribution in [2.45, 2.75) is 39.7 Å². The van der Waals surface area contributed by atoms with Crippen LogP contribution in [0, 0.1) is 5.41 Å². The summed E-state index contributed by atoms with van der Waals surface area (Å²) in [5, 5.41) is 11.3. The van der Waals surface area contributed by atoms with Crippen molar-refractivity contribution in [3.63, 3.8) is 0 Å². The van der Waals surface area contributed by atoms with Gasteiger partial charge in [-0.05, 0) is 53.8 Å². The van der Waals surface area contributed by atoms with Crippen molar-refractivity contribution in [1.82, 2.24) is 10.2 Å². The third-order valence-corrected chi connectivity index (χ3v) is 5.87. The number of ketones is 1. The summed E-state index contributed by atoms with van der Waals surface area (Å²) in [4.78, 5) is 29.4. The second-order valence-electron chi connectivity index (χ2n) is 9.56. The Morgan fingerprint density at radius 2 is 1.82 bits per heavy atom. The third kappa shape index (κ3) is 5.60. The van der Waals surface area contributed by atoms with Gasteiger partial charge in [0.1, 0.15) is 11.6 Å². The van der Waals surface area contributed by atoms with Crippen LogP contribution in [-0.2, 0) is 12.0 Å². The predicted molar refractivity (Wildman–Crippen MR) is 142 cm³/mol. The van der Waals surface area contributed by atoms with Crippen molar-refractivity contribution in [1.29, 1.82) is 5.41 Å². The molecule has 0 aliphatic carbocycles. The van der Waals surface area contributed by atoms with Gasteiger partial charge in [-0.15, -0.1) is 17.0 Å². The van der Waals surface area contributed by atoms with Gasteiger partial charge < -0.3 is 19.9 Å². The van der Waals surface area contributed by atoms with E-state index in [4.69, 9.17) is 10.1 Å². The summed E-state index contributed by atoms with van der Waals surface area (Å²) in [5.41, 5.74) is 4.53. The van der Waals surface area contributed by atoms with E-state index in [0.29, 0.717) is 35.6 Å². The molecule has 184 valence electrons. The quantitative estimate of drug-likeness (QED) is 0.517. The summed E-state index contributed by atoms with van der Waals surface area (Å²) in [6.45, 7) is 9.19. The first-order valence-corrected chi connectivity index (χ1v) is 11.2. The molecule has 1 aliphatic heterocycles. The number of amides is 1. The van der Waals surface area contributed by atoms with Crippen molar-refractivity contribution < 1.29 is 14.3 Å². The minimum atomic E-state index is -0.265. The summed E-state index contributed by atoms with van der Waals surface area (Å²) in [5.74, 6) is 0.425. The largest absolute Gasteiger partial charge is 0.493 e. The molecule has 0 spiro atoms. The Morgan fingerprint density at radius 3 is 2.38 bits per heavy atom. The molecule has 1 aliphatic rings. The Bertz CT molecular complexity index is 1110. The average Bonchev–Trinajstić information content (AvgIpc) is 3.06. The van der Waals surface area contributed by atoms with Crippen LogP contribution in [0.25, 0.3) is 0 Å². The second-order valence-corrected chi connectivity index (χ2v) is 9.56. The van der Waals surface area contributed by atoms with Gasteiger partial charge in [-0.1, -0.05) is 20.8 Å². The second kappa shape index (κ2) is 10.6. The van der Waals surface area contributed by atoms with Crippen molar-refractivity contribution in [3.8, 4) is 5.75 Å². The Hall–Kier alpha value is -2.87. The lowest BCUT2D eigenvalue weighted by Gasteiger charge is -2.24. The van der Waals surface area contributed by atoms with Gasteiger partial charge in [0.05, 0.1) is 18.7 Å². The van der Waals surface area contributed by atoms with Crippen molar-refractivity contribution in [2.24, 2.45) is 0 Å². The fraction of sp³-hybridized carbons (Fsp3) is 0.423. The molecule has 0 unspecified atom stereocenters. The number of hydrogen-bond acceptors (Lipinski definition) is 5. The molecule has 1 amide bonds. The van der Waals surface area contributed by atoms with Crippen LogP contribution in [0.4, 0.5) is 5.69 Å². The van der Waals surface area contributed by atoms with Crippen LogP contribution in [0.15, 0.2) is 30.3 Å². The molecule has 3 rings (SSSR count). The van der Waals surface area contributed by atoms with Crippen molar-refractivity contribution in [3.05, 3.63) is 58.1 Å². The van der Waals surface area contributed by atoms with Gasteiger partial charge in [0.2, 0.25) is 0 Å². The molecule has 0 fully saturated rings. The van der Waals surface area contributed by atoms with Crippen molar-refractivity contribution >= 4 is 40.2 Å². The van der Waals surface area contributed by atoms with Crippen LogP contribution in [0.3, 0.4) is 0 Å². The number of benzene rings is 2. The highest BCUT2D eigenvalue weighted by atomic mass is 79.9. The number of anilines is 1. The van der Waals surface area contributed by atoms with Gasteiger partial charge >= 0.3 is 0 Å². The van der Waals surface area contributed by atoms with E-state index >= 15 is 0 Å². The van der Waals surface area contributed by atoms with E-state index in [1.807, 2.05) is 44.1 Å². The first kappa shape index (κ1) is 27.4. The predicted octanol–water partition coefficient (Wildman–Crippen LogP) is 4.41. The van der Waals surface area contributed by atoms with E-state index in [0.717, 1.165) is 16.8 Å². The van der Waals surface area contributed by atoms with E-state index in [1.165, 1.54) is 0 Å². The fourth-order valence-corrected chi connectivity index (χ4v) is 3.88. The Kier molecular flexibility index (Phi) is 8.53. The molecule has 0 aromatic heterocycles. The minimum Gasteiger partial charge on any atom is -0.493 e. The molecule has 0 saturated heterocycles. The summed E-state index contributed by atoms with van der Waals surface area (Å²) in [6, 6.07) is 9.48. The first-order chi connectivity index (χ1) is 15.5. The molecule has 0 atom stereocenters. The lowest BCUT2D eigenvalue weighted by molar-refractivity contribution is 0.0953. The maximum atomic E-state index is 13.3. The molecule has 7 nitrogen and oxygen atoms in total. The molecule has 2 aromatic carbocycles. The molecule has 0 saturated carbocycles.